The lowest BCUT2D eigenvalue weighted by atomic mass is 9.98. The number of nitrogens with two attached hydrogens (primary N) is 1. The number of benzene rings is 1. The molecule has 6 nitrogen and oxygen atoms in total. The van der Waals surface area contributed by atoms with Crippen LogP contribution in [-0.2, 0) is 16.1 Å². The molecule has 1 saturated heterocycles. The van der Waals surface area contributed by atoms with Crippen molar-refractivity contribution in [3.8, 4) is 0 Å². The number of ether oxygens (including phenoxy) is 1. The molecule has 0 spiro atoms. The van der Waals surface area contributed by atoms with Gasteiger partial charge in [0.1, 0.15) is 12.1 Å². The van der Waals surface area contributed by atoms with E-state index in [4.69, 9.17) is 10.5 Å². The summed E-state index contributed by atoms with van der Waals surface area (Å²) in [7, 11) is 0. The van der Waals surface area contributed by atoms with Gasteiger partial charge in [-0.15, -0.1) is 0 Å². The number of nitrogens with zero attached hydrogens (tertiary/aromatic N) is 1. The lowest BCUT2D eigenvalue weighted by Crippen LogP contribution is -2.50. The molecule has 0 radical (unpaired) electrons. The molecule has 3 N–H and O–H groups in total. The van der Waals surface area contributed by atoms with Crippen molar-refractivity contribution in [3.05, 3.63) is 35.9 Å². The van der Waals surface area contributed by atoms with Crippen molar-refractivity contribution >= 4 is 12.1 Å². The Bertz CT molecular complexity index is 505. The molecule has 108 valence electrons. The zero-order valence-corrected chi connectivity index (χ0v) is 11.3. The number of amides is 1. The Kier molecular flexibility index (Phi) is 3.94. The third-order valence-corrected chi connectivity index (χ3v) is 3.56. The third kappa shape index (κ3) is 2.75. The van der Waals surface area contributed by atoms with Crippen LogP contribution in [0.25, 0.3) is 0 Å². The molecule has 0 bridgehead atoms. The summed E-state index contributed by atoms with van der Waals surface area (Å²) in [5.74, 6) is -1.07. The van der Waals surface area contributed by atoms with Gasteiger partial charge in [-0.3, -0.25) is 4.90 Å². The molecule has 0 saturated carbocycles. The number of likely N-dealkylation sites (tertiary alicyclic amines) is 1. The molecule has 1 aliphatic heterocycles. The Morgan fingerprint density at radius 2 is 2.10 bits per heavy atom. The van der Waals surface area contributed by atoms with Crippen LogP contribution in [0.4, 0.5) is 4.79 Å². The van der Waals surface area contributed by atoms with Crippen molar-refractivity contribution in [1.82, 2.24) is 4.90 Å². The first-order valence-corrected chi connectivity index (χ1v) is 6.41. The van der Waals surface area contributed by atoms with E-state index in [9.17, 15) is 14.7 Å². The van der Waals surface area contributed by atoms with E-state index in [0.29, 0.717) is 0 Å². The number of carboxylic acids is 1. The van der Waals surface area contributed by atoms with Crippen molar-refractivity contribution in [3.63, 3.8) is 0 Å². The van der Waals surface area contributed by atoms with Crippen LogP contribution in [0.1, 0.15) is 18.9 Å². The summed E-state index contributed by atoms with van der Waals surface area (Å²) in [5.41, 5.74) is 5.32. The van der Waals surface area contributed by atoms with Gasteiger partial charge in [-0.2, -0.15) is 0 Å². The largest absolute Gasteiger partial charge is 0.480 e. The van der Waals surface area contributed by atoms with Gasteiger partial charge < -0.3 is 15.6 Å². The quantitative estimate of drug-likeness (QED) is 0.866. The Balaban J connectivity index is 2.03. The maximum atomic E-state index is 12.1. The van der Waals surface area contributed by atoms with Crippen molar-refractivity contribution < 1.29 is 19.4 Å². The third-order valence-electron chi connectivity index (χ3n) is 3.56. The van der Waals surface area contributed by atoms with E-state index in [2.05, 4.69) is 0 Å². The molecule has 1 fully saturated rings. The molecule has 0 aliphatic carbocycles. The van der Waals surface area contributed by atoms with Crippen LogP contribution in [0.5, 0.6) is 0 Å². The van der Waals surface area contributed by atoms with Crippen LogP contribution in [0.3, 0.4) is 0 Å². The van der Waals surface area contributed by atoms with Gasteiger partial charge >= 0.3 is 12.1 Å². The molecular weight excluding hydrogens is 260 g/mol. The molecule has 6 heteroatoms. The Hall–Kier alpha value is -2.08. The molecule has 2 atom stereocenters. The highest BCUT2D eigenvalue weighted by atomic mass is 16.6. The standard InChI is InChI=1S/C14H18N2O4/c1-14(12(17)18)7-11(15)8-16(14)13(19)20-9-10-5-3-2-4-6-10/h2-6,11H,7-9,15H2,1H3,(H,17,18)/t11-,14+/m1/s1. The predicted molar refractivity (Wildman–Crippen MR) is 72.0 cm³/mol. The van der Waals surface area contributed by atoms with E-state index in [1.807, 2.05) is 30.3 Å². The van der Waals surface area contributed by atoms with Crippen LogP contribution >= 0.6 is 0 Å². The van der Waals surface area contributed by atoms with Crippen LogP contribution in [-0.4, -0.2) is 40.2 Å². The second-order valence-electron chi connectivity index (χ2n) is 5.19. The minimum Gasteiger partial charge on any atom is -0.480 e. The summed E-state index contributed by atoms with van der Waals surface area (Å²) in [4.78, 5) is 24.6. The first-order valence-electron chi connectivity index (χ1n) is 6.41. The van der Waals surface area contributed by atoms with E-state index < -0.39 is 17.6 Å². The molecule has 1 aliphatic rings. The Labute approximate surface area is 117 Å². The van der Waals surface area contributed by atoms with Crippen molar-refractivity contribution in [1.29, 1.82) is 0 Å². The number of carbonyl (C=O) groups is 2. The molecule has 2 rings (SSSR count). The summed E-state index contributed by atoms with van der Waals surface area (Å²) in [6.07, 6.45) is -0.422. The minimum absolute atomic E-state index is 0.112. The van der Waals surface area contributed by atoms with E-state index in [-0.39, 0.29) is 25.6 Å². The van der Waals surface area contributed by atoms with Gasteiger partial charge in [-0.25, -0.2) is 9.59 Å². The average Bonchev–Trinajstić information content (AvgIpc) is 2.74. The van der Waals surface area contributed by atoms with Crippen LogP contribution in [0, 0.1) is 0 Å². The van der Waals surface area contributed by atoms with Crippen LogP contribution < -0.4 is 5.73 Å². The fourth-order valence-electron chi connectivity index (χ4n) is 2.40. The normalized spacial score (nSPS) is 25.5. The van der Waals surface area contributed by atoms with Gasteiger partial charge in [0.2, 0.25) is 0 Å². The molecular formula is C14H18N2O4. The average molecular weight is 278 g/mol. The number of aliphatic carboxylic acids is 1. The summed E-state index contributed by atoms with van der Waals surface area (Å²) in [6, 6.07) is 8.87. The highest BCUT2D eigenvalue weighted by Crippen LogP contribution is 2.29. The second kappa shape index (κ2) is 5.50. The maximum absolute atomic E-state index is 12.1. The number of carboxylic acid groups (broad SMARTS) is 1. The van der Waals surface area contributed by atoms with E-state index in [1.165, 1.54) is 11.8 Å². The summed E-state index contributed by atoms with van der Waals surface area (Å²) in [6.45, 7) is 1.80. The van der Waals surface area contributed by atoms with E-state index in [1.54, 1.807) is 0 Å². The van der Waals surface area contributed by atoms with Gasteiger partial charge in [-0.1, -0.05) is 30.3 Å². The SMILES string of the molecule is C[C@@]1(C(=O)O)C[C@@H](N)CN1C(=O)OCc1ccccc1. The number of carbonyl (C=O) groups excluding carboxylic acids is 1. The highest BCUT2D eigenvalue weighted by Gasteiger charge is 2.49. The molecule has 1 heterocycles. The van der Waals surface area contributed by atoms with Crippen LogP contribution in [0.2, 0.25) is 0 Å². The first kappa shape index (κ1) is 14.3. The van der Waals surface area contributed by atoms with Gasteiger partial charge in [0, 0.05) is 12.6 Å². The van der Waals surface area contributed by atoms with Gasteiger partial charge in [-0.05, 0) is 18.9 Å². The minimum atomic E-state index is -1.30. The Morgan fingerprint density at radius 3 is 2.70 bits per heavy atom. The number of rotatable bonds is 3. The van der Waals surface area contributed by atoms with Crippen molar-refractivity contribution in [2.24, 2.45) is 5.73 Å². The van der Waals surface area contributed by atoms with E-state index >= 15 is 0 Å². The predicted octanol–water partition coefficient (Wildman–Crippen LogP) is 1.20. The fourth-order valence-corrected chi connectivity index (χ4v) is 2.40. The smallest absolute Gasteiger partial charge is 0.411 e. The lowest BCUT2D eigenvalue weighted by molar-refractivity contribution is -0.147. The number of hydrogen-bond acceptors (Lipinski definition) is 4. The molecule has 1 aromatic carbocycles. The molecule has 20 heavy (non-hydrogen) atoms. The first-order chi connectivity index (χ1) is 9.43. The molecule has 0 unspecified atom stereocenters. The summed E-state index contributed by atoms with van der Waals surface area (Å²) >= 11 is 0. The number of hydrogen-bond donors (Lipinski definition) is 2. The summed E-state index contributed by atoms with van der Waals surface area (Å²) in [5, 5.41) is 9.29. The monoisotopic (exact) mass is 278 g/mol. The van der Waals surface area contributed by atoms with Crippen molar-refractivity contribution in [2.75, 3.05) is 6.54 Å². The topological polar surface area (TPSA) is 92.9 Å². The molecule has 1 aromatic rings. The maximum Gasteiger partial charge on any atom is 0.411 e. The van der Waals surface area contributed by atoms with E-state index in [0.717, 1.165) is 5.56 Å². The van der Waals surface area contributed by atoms with Crippen LogP contribution in [0.15, 0.2) is 30.3 Å². The van der Waals surface area contributed by atoms with Crippen molar-refractivity contribution in [2.45, 2.75) is 31.5 Å². The zero-order chi connectivity index (χ0) is 14.8. The highest BCUT2D eigenvalue weighted by molar-refractivity contribution is 5.85. The molecule has 1 amide bonds. The second-order valence-corrected chi connectivity index (χ2v) is 5.19. The van der Waals surface area contributed by atoms with Gasteiger partial charge in [0.15, 0.2) is 0 Å². The fraction of sp³-hybridized carbons (Fsp3) is 0.429. The lowest BCUT2D eigenvalue weighted by Gasteiger charge is -2.29. The Morgan fingerprint density at radius 1 is 1.45 bits per heavy atom. The van der Waals surface area contributed by atoms with Gasteiger partial charge in [0.05, 0.1) is 0 Å². The molecule has 0 aromatic heterocycles. The summed E-state index contributed by atoms with van der Waals surface area (Å²) < 4.78 is 5.17. The van der Waals surface area contributed by atoms with Gasteiger partial charge in [0.25, 0.3) is 0 Å². The zero-order valence-electron chi connectivity index (χ0n) is 11.3.